The van der Waals surface area contributed by atoms with Gasteiger partial charge in [0.2, 0.25) is 0 Å². The van der Waals surface area contributed by atoms with Gasteiger partial charge < -0.3 is 24.8 Å². The molecule has 2 aromatic rings. The Morgan fingerprint density at radius 1 is 0.976 bits per heavy atom. The highest BCUT2D eigenvalue weighted by atomic mass is 32.2. The average Bonchev–Trinajstić information content (AvgIpc) is 2.93. The predicted molar refractivity (Wildman–Crippen MR) is 148 cm³/mol. The molecule has 3 saturated heterocycles. The first-order valence-electron chi connectivity index (χ1n) is 13.3. The van der Waals surface area contributed by atoms with Crippen LogP contribution in [0.2, 0.25) is 0 Å². The lowest BCUT2D eigenvalue weighted by Crippen LogP contribution is -2.69. The molecule has 42 heavy (non-hydrogen) atoms. The standard InChI is InChI=1S/C28H30F4N4O5S/c1-17-11-19(4-6-23(17)29)33-25(37)18-3-5-24(30)22(12-18)28(31,32)26(38)36-20-13-35(14-21(36)16-41-15-20)27(39)34-7-9-42(2,40)10-8-34/h3-6,11-12,20-21H,2,7-10,13-16H2,1H3,(H,33,37). The first-order chi connectivity index (χ1) is 19.8. The molecular weight excluding hydrogens is 580 g/mol. The molecule has 2 aromatic carbocycles. The number of aryl methyl sites for hydroxylation is 1. The normalized spacial score (nSPS) is 22.1. The third-order valence-corrected chi connectivity index (χ3v) is 9.62. The minimum atomic E-state index is -4.34. The summed E-state index contributed by atoms with van der Waals surface area (Å²) < 4.78 is 77.4. The van der Waals surface area contributed by atoms with E-state index in [0.29, 0.717) is 12.1 Å². The third kappa shape index (κ3) is 5.82. The highest BCUT2D eigenvalue weighted by molar-refractivity contribution is 8.00. The maximum absolute atomic E-state index is 15.7. The monoisotopic (exact) mass is 610 g/mol. The summed E-state index contributed by atoms with van der Waals surface area (Å²) in [6.45, 7) is 1.65. The molecule has 4 amide bonds. The molecule has 0 saturated carbocycles. The number of carbonyl (C=O) groups excluding carboxylic acids is 3. The van der Waals surface area contributed by atoms with Crippen LogP contribution < -0.4 is 5.32 Å². The van der Waals surface area contributed by atoms with Crippen molar-refractivity contribution in [2.24, 2.45) is 0 Å². The van der Waals surface area contributed by atoms with Gasteiger partial charge in [-0.3, -0.25) is 13.8 Å². The lowest BCUT2D eigenvalue weighted by atomic mass is 9.98. The van der Waals surface area contributed by atoms with E-state index in [2.05, 4.69) is 11.2 Å². The molecule has 0 aromatic heterocycles. The van der Waals surface area contributed by atoms with Crippen LogP contribution in [0.5, 0.6) is 0 Å². The molecule has 2 unspecified atom stereocenters. The first kappa shape index (κ1) is 29.8. The quantitative estimate of drug-likeness (QED) is 0.424. The second-order valence-electron chi connectivity index (χ2n) is 10.8. The lowest BCUT2D eigenvalue weighted by Gasteiger charge is -2.51. The number of halogens is 4. The Hall–Kier alpha value is -3.65. The van der Waals surface area contributed by atoms with E-state index in [1.54, 1.807) is 0 Å². The van der Waals surface area contributed by atoms with Crippen LogP contribution in [0.25, 0.3) is 0 Å². The van der Waals surface area contributed by atoms with E-state index in [1.165, 1.54) is 28.9 Å². The van der Waals surface area contributed by atoms with Crippen molar-refractivity contribution < 1.29 is 40.9 Å². The maximum Gasteiger partial charge on any atom is 0.352 e. The zero-order valence-corrected chi connectivity index (χ0v) is 23.6. The topological polar surface area (TPSA) is 99.3 Å². The van der Waals surface area contributed by atoms with E-state index in [1.807, 2.05) is 0 Å². The van der Waals surface area contributed by atoms with Crippen molar-refractivity contribution in [1.29, 1.82) is 0 Å². The van der Waals surface area contributed by atoms with Crippen LogP contribution in [0, 0.1) is 18.6 Å². The molecular formula is C28H30F4N4O5S. The van der Waals surface area contributed by atoms with Crippen LogP contribution >= 0.6 is 0 Å². The summed E-state index contributed by atoms with van der Waals surface area (Å²) in [5.74, 6) is -4.49. The van der Waals surface area contributed by atoms with Crippen molar-refractivity contribution in [2.45, 2.75) is 24.9 Å². The molecule has 3 aliphatic rings. The number of alkyl halides is 2. The second-order valence-corrected chi connectivity index (χ2v) is 13.5. The summed E-state index contributed by atoms with van der Waals surface area (Å²) in [5.41, 5.74) is -1.14. The van der Waals surface area contributed by atoms with Crippen LogP contribution in [-0.2, 0) is 25.0 Å². The molecule has 14 heteroatoms. The molecule has 9 nitrogen and oxygen atoms in total. The van der Waals surface area contributed by atoms with Gasteiger partial charge in [-0.15, -0.1) is 0 Å². The zero-order chi connectivity index (χ0) is 30.4. The Bertz CT molecular complexity index is 1510. The number of urea groups is 1. The van der Waals surface area contributed by atoms with Gasteiger partial charge in [0.25, 0.3) is 11.8 Å². The van der Waals surface area contributed by atoms with Crippen LogP contribution in [0.4, 0.5) is 28.0 Å². The fourth-order valence-corrected chi connectivity index (χ4v) is 6.73. The molecule has 2 atom stereocenters. The van der Waals surface area contributed by atoms with E-state index in [0.717, 1.165) is 17.0 Å². The van der Waals surface area contributed by atoms with Crippen LogP contribution in [0.15, 0.2) is 36.4 Å². The van der Waals surface area contributed by atoms with E-state index in [9.17, 15) is 27.4 Å². The molecule has 0 aliphatic carbocycles. The van der Waals surface area contributed by atoms with Crippen molar-refractivity contribution in [3.05, 3.63) is 64.7 Å². The highest BCUT2D eigenvalue weighted by Gasteiger charge is 2.53. The van der Waals surface area contributed by atoms with Gasteiger partial charge in [0.15, 0.2) is 0 Å². The number of benzene rings is 2. The van der Waals surface area contributed by atoms with Crippen LogP contribution in [0.3, 0.4) is 0 Å². The summed E-state index contributed by atoms with van der Waals surface area (Å²) in [6, 6.07) is 3.94. The van der Waals surface area contributed by atoms with Crippen molar-refractivity contribution in [1.82, 2.24) is 14.7 Å². The number of morpholine rings is 1. The summed E-state index contributed by atoms with van der Waals surface area (Å²) >= 11 is 0. The number of piperazine rings is 1. The second kappa shape index (κ2) is 11.2. The Labute approximate surface area is 240 Å². The lowest BCUT2D eigenvalue weighted by molar-refractivity contribution is -0.180. The minimum Gasteiger partial charge on any atom is -0.377 e. The number of ether oxygens (including phenoxy) is 1. The zero-order valence-electron chi connectivity index (χ0n) is 22.8. The molecule has 3 aliphatic heterocycles. The number of hydrogen-bond donors (Lipinski definition) is 1. The molecule has 226 valence electrons. The van der Waals surface area contributed by atoms with Gasteiger partial charge in [0.1, 0.15) is 11.6 Å². The van der Waals surface area contributed by atoms with Crippen LogP contribution in [0.1, 0.15) is 21.5 Å². The third-order valence-electron chi connectivity index (χ3n) is 7.76. The average molecular weight is 611 g/mol. The van der Waals surface area contributed by atoms with Gasteiger partial charge in [-0.1, -0.05) is 0 Å². The number of rotatable bonds is 4. The first-order valence-corrected chi connectivity index (χ1v) is 15.4. The van der Waals surface area contributed by atoms with Gasteiger partial charge in [0, 0.05) is 48.9 Å². The summed E-state index contributed by atoms with van der Waals surface area (Å²) in [4.78, 5) is 43.2. The molecule has 1 N–H and O–H groups in total. The van der Waals surface area contributed by atoms with Gasteiger partial charge in [0.05, 0.1) is 30.9 Å². The molecule has 2 bridgehead atoms. The molecule has 0 spiro atoms. The number of hydrogen-bond acceptors (Lipinski definition) is 5. The van der Waals surface area contributed by atoms with E-state index < -0.39 is 56.5 Å². The van der Waals surface area contributed by atoms with Gasteiger partial charge >= 0.3 is 12.0 Å². The molecule has 3 fully saturated rings. The molecule has 0 radical (unpaired) electrons. The van der Waals surface area contributed by atoms with E-state index in [4.69, 9.17) is 4.74 Å². The largest absolute Gasteiger partial charge is 0.377 e. The van der Waals surface area contributed by atoms with Crippen molar-refractivity contribution in [3.63, 3.8) is 0 Å². The fraction of sp³-hybridized carbons (Fsp3) is 0.429. The smallest absolute Gasteiger partial charge is 0.352 e. The Balaban J connectivity index is 1.33. The van der Waals surface area contributed by atoms with Gasteiger partial charge in [-0.05, 0) is 64.3 Å². The summed E-state index contributed by atoms with van der Waals surface area (Å²) in [7, 11) is -2.23. The number of nitrogens with zero attached hydrogens (tertiary/aromatic N) is 3. The van der Waals surface area contributed by atoms with Gasteiger partial charge in [-0.25, -0.2) is 13.6 Å². The van der Waals surface area contributed by atoms with E-state index >= 15 is 8.78 Å². The maximum atomic E-state index is 15.7. The summed E-state index contributed by atoms with van der Waals surface area (Å²) in [6.07, 6.45) is 0. The predicted octanol–water partition coefficient (Wildman–Crippen LogP) is 2.68. The summed E-state index contributed by atoms with van der Waals surface area (Å²) in [5, 5.41) is 2.45. The van der Waals surface area contributed by atoms with Gasteiger partial charge in [-0.2, -0.15) is 8.78 Å². The molecule has 3 heterocycles. The van der Waals surface area contributed by atoms with Crippen LogP contribution in [-0.4, -0.2) is 106 Å². The fourth-order valence-electron chi connectivity index (χ4n) is 5.42. The number of anilines is 1. The number of amides is 4. The Morgan fingerprint density at radius 2 is 1.60 bits per heavy atom. The SMILES string of the molecule is C=S1(=O)CCN(C(=O)N2CC3COCC(C2)N3C(=O)C(F)(F)c2cc(C(=O)Nc3ccc(F)c(C)c3)ccc2F)CC1. The van der Waals surface area contributed by atoms with Crippen molar-refractivity contribution >= 4 is 38.9 Å². The number of carbonyl (C=O) groups is 3. The molecule has 5 rings (SSSR count). The highest BCUT2D eigenvalue weighted by Crippen LogP contribution is 2.36. The van der Waals surface area contributed by atoms with E-state index in [-0.39, 0.29) is 73.7 Å². The Kier molecular flexibility index (Phi) is 7.96. The Morgan fingerprint density at radius 3 is 2.21 bits per heavy atom. The van der Waals surface area contributed by atoms with Crippen molar-refractivity contribution in [3.8, 4) is 0 Å². The van der Waals surface area contributed by atoms with Crippen molar-refractivity contribution in [2.75, 3.05) is 56.2 Å². The number of fused-ring (bicyclic) bond motifs is 2. The number of nitrogens with one attached hydrogen (secondary N) is 1. The minimum absolute atomic E-state index is 0.0740.